The van der Waals surface area contributed by atoms with Crippen LogP contribution in [0.4, 0.5) is 28.7 Å². The fourth-order valence-corrected chi connectivity index (χ4v) is 2.47. The molecule has 0 bridgehead atoms. The molecule has 2 aromatic carbocycles. The Bertz CT molecular complexity index is 834. The summed E-state index contributed by atoms with van der Waals surface area (Å²) in [7, 11) is 0. The largest absolute Gasteiger partial charge is 0.364 e. The van der Waals surface area contributed by atoms with Crippen molar-refractivity contribution < 1.29 is 4.92 Å². The van der Waals surface area contributed by atoms with Crippen LogP contribution >= 0.6 is 0 Å². The number of benzene rings is 2. The van der Waals surface area contributed by atoms with Crippen LogP contribution in [0.2, 0.25) is 0 Å². The average Bonchev–Trinajstić information content (AvgIpc) is 2.67. The summed E-state index contributed by atoms with van der Waals surface area (Å²) in [6.45, 7) is 2.36. The van der Waals surface area contributed by atoms with E-state index in [2.05, 4.69) is 20.7 Å². The number of aromatic nitrogens is 2. The Balaban J connectivity index is 2.05. The Morgan fingerprint density at radius 3 is 2.00 bits per heavy atom. The predicted octanol–water partition coefficient (Wildman–Crippen LogP) is 3.98. The van der Waals surface area contributed by atoms with E-state index in [1.165, 1.54) is 6.33 Å². The van der Waals surface area contributed by atoms with E-state index in [1.807, 2.05) is 67.6 Å². The van der Waals surface area contributed by atoms with Crippen LogP contribution < -0.4 is 15.8 Å². The molecule has 0 unspecified atom stereocenters. The van der Waals surface area contributed by atoms with Gasteiger partial charge in [-0.05, 0) is 31.2 Å². The predicted molar refractivity (Wildman–Crippen MR) is 101 cm³/mol. The summed E-state index contributed by atoms with van der Waals surface area (Å²) in [4.78, 5) is 19.2. The quantitative estimate of drug-likeness (QED) is 0.491. The second kappa shape index (κ2) is 7.93. The lowest BCUT2D eigenvalue weighted by molar-refractivity contribution is -0.383. The third kappa shape index (κ3) is 3.69. The number of nitrogens with zero attached hydrogens (tertiary/aromatic N) is 4. The molecule has 0 aliphatic carbocycles. The third-order valence-electron chi connectivity index (χ3n) is 3.60. The van der Waals surface area contributed by atoms with Crippen molar-refractivity contribution in [2.45, 2.75) is 6.92 Å². The highest BCUT2D eigenvalue weighted by atomic mass is 16.6. The van der Waals surface area contributed by atoms with Gasteiger partial charge in [0.1, 0.15) is 6.33 Å². The van der Waals surface area contributed by atoms with Gasteiger partial charge in [-0.2, -0.15) is 0 Å². The van der Waals surface area contributed by atoms with Gasteiger partial charge in [0.25, 0.3) is 0 Å². The fourth-order valence-electron chi connectivity index (χ4n) is 2.47. The number of rotatable bonds is 7. The normalized spacial score (nSPS) is 10.2. The first-order chi connectivity index (χ1) is 12.7. The number of nitro groups is 1. The van der Waals surface area contributed by atoms with Gasteiger partial charge in [0.15, 0.2) is 0 Å². The molecular formula is C18H18N6O2. The zero-order valence-corrected chi connectivity index (χ0v) is 14.2. The zero-order chi connectivity index (χ0) is 18.4. The maximum Gasteiger partial charge on any atom is 0.354 e. The van der Waals surface area contributed by atoms with Crippen molar-refractivity contribution in [1.82, 2.24) is 9.97 Å². The van der Waals surface area contributed by atoms with Crippen molar-refractivity contribution in [3.05, 3.63) is 77.1 Å². The van der Waals surface area contributed by atoms with E-state index in [9.17, 15) is 10.1 Å². The minimum absolute atomic E-state index is 0.105. The van der Waals surface area contributed by atoms with Crippen LogP contribution in [0.25, 0.3) is 0 Å². The van der Waals surface area contributed by atoms with Gasteiger partial charge in [-0.1, -0.05) is 36.4 Å². The van der Waals surface area contributed by atoms with Crippen molar-refractivity contribution in [3.8, 4) is 0 Å². The number of nitrogens with one attached hydrogen (secondary N) is 2. The molecule has 0 saturated heterocycles. The molecule has 0 aliphatic heterocycles. The highest BCUT2D eigenvalue weighted by Crippen LogP contribution is 2.32. The summed E-state index contributed by atoms with van der Waals surface area (Å²) in [5.74, 6) is 0.282. The standard InChI is InChI=1S/C18H18N6O2/c1-2-19-17-16(24(25)26)18(21-13-20-17)22-23(14-9-5-3-6-10-14)15-11-7-4-8-12-15/h3-13H,2H2,1H3,(H2,19,20,21,22). The SMILES string of the molecule is CCNc1ncnc(NN(c2ccccc2)c2ccccc2)c1[N+](=O)[O-]. The Morgan fingerprint density at radius 1 is 0.962 bits per heavy atom. The molecule has 0 radical (unpaired) electrons. The molecule has 0 saturated carbocycles. The van der Waals surface area contributed by atoms with Crippen LogP contribution in [0.3, 0.4) is 0 Å². The molecule has 0 aliphatic rings. The molecule has 3 rings (SSSR count). The van der Waals surface area contributed by atoms with Crippen LogP contribution in [0.1, 0.15) is 6.92 Å². The minimum Gasteiger partial charge on any atom is -0.364 e. The van der Waals surface area contributed by atoms with E-state index < -0.39 is 4.92 Å². The van der Waals surface area contributed by atoms with Crippen molar-refractivity contribution in [2.24, 2.45) is 0 Å². The second-order valence-electron chi connectivity index (χ2n) is 5.33. The van der Waals surface area contributed by atoms with E-state index in [1.54, 1.807) is 5.01 Å². The Morgan fingerprint density at radius 2 is 1.50 bits per heavy atom. The molecule has 0 amide bonds. The summed E-state index contributed by atoms with van der Waals surface area (Å²) in [6.07, 6.45) is 1.29. The molecule has 1 heterocycles. The fraction of sp³-hybridized carbons (Fsp3) is 0.111. The number of hydrazine groups is 1. The van der Waals surface area contributed by atoms with Crippen molar-refractivity contribution in [3.63, 3.8) is 0 Å². The summed E-state index contributed by atoms with van der Waals surface area (Å²) < 4.78 is 0. The molecule has 8 heteroatoms. The lowest BCUT2D eigenvalue weighted by atomic mass is 10.2. The lowest BCUT2D eigenvalue weighted by Crippen LogP contribution is -2.26. The van der Waals surface area contributed by atoms with Gasteiger partial charge in [-0.25, -0.2) is 9.97 Å². The molecule has 132 valence electrons. The molecule has 3 aromatic rings. The first-order valence-corrected chi connectivity index (χ1v) is 8.11. The third-order valence-corrected chi connectivity index (χ3v) is 3.60. The van der Waals surface area contributed by atoms with E-state index in [4.69, 9.17) is 0 Å². The van der Waals surface area contributed by atoms with Gasteiger partial charge in [0.2, 0.25) is 11.6 Å². The van der Waals surface area contributed by atoms with Gasteiger partial charge in [-0.3, -0.25) is 20.5 Å². The van der Waals surface area contributed by atoms with Crippen molar-refractivity contribution in [1.29, 1.82) is 0 Å². The van der Waals surface area contributed by atoms with Crippen LogP contribution in [-0.2, 0) is 0 Å². The van der Waals surface area contributed by atoms with Crippen LogP contribution in [-0.4, -0.2) is 21.4 Å². The van der Waals surface area contributed by atoms with Gasteiger partial charge in [0, 0.05) is 6.54 Å². The Hall–Kier alpha value is -3.68. The topological polar surface area (TPSA) is 96.2 Å². The van der Waals surface area contributed by atoms with E-state index >= 15 is 0 Å². The molecule has 1 aromatic heterocycles. The Labute approximate surface area is 150 Å². The smallest absolute Gasteiger partial charge is 0.354 e. The zero-order valence-electron chi connectivity index (χ0n) is 14.2. The number of hydrogen-bond donors (Lipinski definition) is 2. The second-order valence-corrected chi connectivity index (χ2v) is 5.33. The summed E-state index contributed by atoms with van der Waals surface area (Å²) >= 11 is 0. The van der Waals surface area contributed by atoms with Crippen molar-refractivity contribution in [2.75, 3.05) is 22.3 Å². The van der Waals surface area contributed by atoms with Gasteiger partial charge in [0.05, 0.1) is 16.3 Å². The summed E-state index contributed by atoms with van der Waals surface area (Å²) in [5.41, 5.74) is 4.49. The molecule has 0 atom stereocenters. The van der Waals surface area contributed by atoms with E-state index in [0.29, 0.717) is 6.54 Å². The molecule has 26 heavy (non-hydrogen) atoms. The molecule has 0 spiro atoms. The highest BCUT2D eigenvalue weighted by molar-refractivity contribution is 5.74. The van der Waals surface area contributed by atoms with Gasteiger partial charge in [-0.15, -0.1) is 0 Å². The highest BCUT2D eigenvalue weighted by Gasteiger charge is 2.24. The van der Waals surface area contributed by atoms with Crippen LogP contribution in [0, 0.1) is 10.1 Å². The number of hydrogen-bond acceptors (Lipinski definition) is 7. The van der Waals surface area contributed by atoms with Gasteiger partial charge >= 0.3 is 5.69 Å². The maximum atomic E-state index is 11.6. The maximum absolute atomic E-state index is 11.6. The minimum atomic E-state index is -0.492. The molecule has 2 N–H and O–H groups in total. The molecule has 8 nitrogen and oxygen atoms in total. The summed E-state index contributed by atoms with van der Waals surface area (Å²) in [6, 6.07) is 19.0. The van der Waals surface area contributed by atoms with Crippen LogP contribution in [0.15, 0.2) is 67.0 Å². The van der Waals surface area contributed by atoms with Crippen LogP contribution in [0.5, 0.6) is 0 Å². The van der Waals surface area contributed by atoms with E-state index in [0.717, 1.165) is 11.4 Å². The first-order valence-electron chi connectivity index (χ1n) is 8.11. The Kier molecular flexibility index (Phi) is 5.23. The summed E-state index contributed by atoms with van der Waals surface area (Å²) in [5, 5.41) is 16.2. The molecular weight excluding hydrogens is 332 g/mol. The molecule has 0 fully saturated rings. The first kappa shape index (κ1) is 17.2. The van der Waals surface area contributed by atoms with Gasteiger partial charge < -0.3 is 5.32 Å². The lowest BCUT2D eigenvalue weighted by Gasteiger charge is -2.26. The number of para-hydroxylation sites is 2. The van der Waals surface area contributed by atoms with E-state index in [-0.39, 0.29) is 17.3 Å². The average molecular weight is 350 g/mol. The monoisotopic (exact) mass is 350 g/mol. The van der Waals surface area contributed by atoms with Crippen molar-refractivity contribution >= 4 is 28.7 Å². The number of anilines is 4.